The molecule has 2 amide bonds. The molecule has 0 radical (unpaired) electrons. The Labute approximate surface area is 221 Å². The number of nitrogens with two attached hydrogens (primary N) is 1. The van der Waals surface area contributed by atoms with Crippen LogP contribution in [0.25, 0.3) is 16.8 Å². The van der Waals surface area contributed by atoms with Crippen molar-refractivity contribution in [3.63, 3.8) is 0 Å². The third-order valence-corrected chi connectivity index (χ3v) is 6.64. The van der Waals surface area contributed by atoms with E-state index in [-0.39, 0.29) is 22.4 Å². The van der Waals surface area contributed by atoms with E-state index in [2.05, 4.69) is 15.4 Å². The highest BCUT2D eigenvalue weighted by molar-refractivity contribution is 5.97. The lowest BCUT2D eigenvalue weighted by Gasteiger charge is -2.20. The van der Waals surface area contributed by atoms with E-state index < -0.39 is 85.4 Å². The molecule has 16 heteroatoms. The number of hydrogen-bond donors (Lipinski definition) is 2. The maximum absolute atomic E-state index is 14.7. The van der Waals surface area contributed by atoms with Crippen molar-refractivity contribution in [2.75, 3.05) is 18.8 Å². The zero-order valence-corrected chi connectivity index (χ0v) is 20.7. The Balaban J connectivity index is 1.60. The zero-order valence-electron chi connectivity index (χ0n) is 20.7. The van der Waals surface area contributed by atoms with Crippen molar-refractivity contribution in [2.45, 2.75) is 44.6 Å². The highest BCUT2D eigenvalue weighted by Crippen LogP contribution is 2.39. The number of nitrogen functional groups attached to an aromatic ring is 1. The second-order valence-electron chi connectivity index (χ2n) is 9.39. The summed E-state index contributed by atoms with van der Waals surface area (Å²) in [5.41, 5.74) is 3.37. The number of amides is 2. The van der Waals surface area contributed by atoms with Crippen molar-refractivity contribution in [3.05, 3.63) is 47.3 Å². The number of carbonyl (C=O) groups excluding carboxylic acids is 2. The molecule has 0 aliphatic carbocycles. The van der Waals surface area contributed by atoms with Crippen LogP contribution < -0.4 is 11.1 Å². The van der Waals surface area contributed by atoms with Gasteiger partial charge < -0.3 is 16.0 Å². The highest BCUT2D eigenvalue weighted by atomic mass is 19.4. The molecule has 1 aliphatic heterocycles. The van der Waals surface area contributed by atoms with Crippen LogP contribution in [0.5, 0.6) is 0 Å². The van der Waals surface area contributed by atoms with Crippen molar-refractivity contribution >= 4 is 23.1 Å². The van der Waals surface area contributed by atoms with Gasteiger partial charge in [0.1, 0.15) is 24.7 Å². The summed E-state index contributed by atoms with van der Waals surface area (Å²) in [5.74, 6) is -4.35. The zero-order chi connectivity index (χ0) is 29.6. The molecule has 3 aromatic rings. The minimum atomic E-state index is -4.83. The second kappa shape index (κ2) is 10.5. The molecule has 3 N–H and O–H groups in total. The van der Waals surface area contributed by atoms with Crippen LogP contribution in [-0.2, 0) is 17.6 Å². The first-order chi connectivity index (χ1) is 18.6. The van der Waals surface area contributed by atoms with Gasteiger partial charge in [-0.05, 0) is 17.7 Å². The summed E-state index contributed by atoms with van der Waals surface area (Å²) >= 11 is 0. The Kier molecular flexibility index (Phi) is 7.64. The lowest BCUT2D eigenvalue weighted by Crippen LogP contribution is -2.42. The van der Waals surface area contributed by atoms with Gasteiger partial charge in [-0.25, -0.2) is 18.3 Å². The first-order valence-electron chi connectivity index (χ1n) is 11.8. The van der Waals surface area contributed by atoms with E-state index in [4.69, 9.17) is 5.73 Å². The largest absolute Gasteiger partial charge is 0.418 e. The minimum absolute atomic E-state index is 0.0205. The number of anilines is 1. The topological polar surface area (TPSA) is 106 Å². The fourth-order valence-electron chi connectivity index (χ4n) is 4.41. The number of carbonyl (C=O) groups is 2. The summed E-state index contributed by atoms with van der Waals surface area (Å²) in [6.07, 6.45) is -11.2. The van der Waals surface area contributed by atoms with Crippen LogP contribution in [0.15, 0.2) is 30.6 Å². The van der Waals surface area contributed by atoms with Crippen molar-refractivity contribution in [2.24, 2.45) is 5.92 Å². The number of nitrogens with zero attached hydrogens (tertiary/aromatic N) is 4. The van der Waals surface area contributed by atoms with Crippen molar-refractivity contribution in [3.8, 4) is 11.3 Å². The van der Waals surface area contributed by atoms with Crippen LogP contribution in [0.2, 0.25) is 0 Å². The Morgan fingerprint density at radius 3 is 2.48 bits per heavy atom. The van der Waals surface area contributed by atoms with Crippen molar-refractivity contribution in [1.82, 2.24) is 24.8 Å². The van der Waals surface area contributed by atoms with E-state index in [1.54, 1.807) is 0 Å². The number of halogens is 8. The third-order valence-electron chi connectivity index (χ3n) is 6.64. The number of rotatable bonds is 6. The summed E-state index contributed by atoms with van der Waals surface area (Å²) in [6.45, 7) is -1.31. The van der Waals surface area contributed by atoms with Crippen LogP contribution in [-0.4, -0.2) is 62.8 Å². The first-order valence-corrected chi connectivity index (χ1v) is 11.8. The normalized spacial score (nSPS) is 18.8. The Morgan fingerprint density at radius 2 is 1.85 bits per heavy atom. The van der Waals surface area contributed by atoms with E-state index in [9.17, 15) is 44.7 Å². The molecule has 1 saturated heterocycles. The minimum Gasteiger partial charge on any atom is -0.382 e. The molecule has 0 spiro atoms. The fraction of sp³-hybridized carbons (Fsp3) is 0.417. The number of nitrogens with one attached hydrogen (secondary N) is 1. The van der Waals surface area contributed by atoms with Gasteiger partial charge in [-0.15, -0.1) is 0 Å². The molecule has 4 rings (SSSR count). The summed E-state index contributed by atoms with van der Waals surface area (Å²) in [5, 5.41) is 6.13. The van der Waals surface area contributed by atoms with E-state index in [1.807, 2.05) is 0 Å². The monoisotopic (exact) mass is 578 g/mol. The predicted octanol–water partition coefficient (Wildman–Crippen LogP) is 4.33. The molecule has 1 unspecified atom stereocenters. The number of likely N-dealkylation sites (tertiary alicyclic amines) is 1. The van der Waals surface area contributed by atoms with E-state index in [0.717, 1.165) is 40.9 Å². The first kappa shape index (κ1) is 29.0. The maximum Gasteiger partial charge on any atom is 0.418 e. The molecular weight excluding hydrogens is 556 g/mol. The summed E-state index contributed by atoms with van der Waals surface area (Å²) < 4.78 is 109. The van der Waals surface area contributed by atoms with Gasteiger partial charge >= 0.3 is 12.4 Å². The molecule has 40 heavy (non-hydrogen) atoms. The lowest BCUT2D eigenvalue weighted by atomic mass is 10.0. The molecule has 0 saturated carbocycles. The van der Waals surface area contributed by atoms with Gasteiger partial charge in [0.25, 0.3) is 5.91 Å². The van der Waals surface area contributed by atoms with Crippen LogP contribution in [0.3, 0.4) is 0 Å². The van der Waals surface area contributed by atoms with Crippen LogP contribution in [0.1, 0.15) is 34.8 Å². The van der Waals surface area contributed by atoms with Gasteiger partial charge in [-0.1, -0.05) is 19.1 Å². The van der Waals surface area contributed by atoms with E-state index in [0.29, 0.717) is 0 Å². The molecule has 1 aliphatic rings. The Morgan fingerprint density at radius 1 is 1.15 bits per heavy atom. The summed E-state index contributed by atoms with van der Waals surface area (Å²) in [6, 6.07) is 2.96. The number of hydrogen-bond acceptors (Lipinski definition) is 5. The molecule has 216 valence electrons. The van der Waals surface area contributed by atoms with Crippen LogP contribution >= 0.6 is 0 Å². The SMILES string of the molecule is CC(CC(=O)N1C[C@H](F)[C@H](NC(=O)c2cc(-c3cc(C(F)(F)F)c4c(N)ncnn34)ccc2CF)C1)C(F)(F)F. The molecule has 3 atom stereocenters. The molecule has 2 aromatic heterocycles. The second-order valence-corrected chi connectivity index (χ2v) is 9.39. The smallest absolute Gasteiger partial charge is 0.382 e. The lowest BCUT2D eigenvalue weighted by molar-refractivity contribution is -0.176. The highest BCUT2D eigenvalue weighted by Gasteiger charge is 2.41. The van der Waals surface area contributed by atoms with Crippen molar-refractivity contribution in [1.29, 1.82) is 0 Å². The Bertz CT molecular complexity index is 1440. The average Bonchev–Trinajstić information content (AvgIpc) is 3.45. The van der Waals surface area contributed by atoms with Gasteiger partial charge in [0.2, 0.25) is 5.91 Å². The van der Waals surface area contributed by atoms with E-state index >= 15 is 0 Å². The maximum atomic E-state index is 14.7. The molecule has 3 heterocycles. The molecule has 0 bridgehead atoms. The standard InChI is InChI=1S/C24H22F8N6O2/c1-11(23(27,28)29)4-19(39)37-8-16(26)17(9-37)36-22(40)14-5-12(2-3-13(14)7-25)18-6-15(24(30,31)32)20-21(33)34-10-35-38(18)20/h2-3,5-6,10-11,16-17H,4,7-9H2,1H3,(H,36,40)(H2,33,34,35)/t11?,16-,17+/m0/s1. The molecule has 1 fully saturated rings. The number of benzene rings is 1. The number of fused-ring (bicyclic) bond motifs is 1. The number of aromatic nitrogens is 3. The Hall–Kier alpha value is -3.98. The summed E-state index contributed by atoms with van der Waals surface area (Å²) in [7, 11) is 0. The quantitative estimate of drug-likeness (QED) is 0.424. The van der Waals surface area contributed by atoms with E-state index in [1.165, 1.54) is 6.07 Å². The fourth-order valence-corrected chi connectivity index (χ4v) is 4.41. The molecule has 8 nitrogen and oxygen atoms in total. The van der Waals surface area contributed by atoms with Gasteiger partial charge in [0.05, 0.1) is 29.8 Å². The van der Waals surface area contributed by atoms with Crippen molar-refractivity contribution < 1.29 is 44.7 Å². The third kappa shape index (κ3) is 5.65. The van der Waals surface area contributed by atoms with Crippen LogP contribution in [0.4, 0.5) is 40.9 Å². The average molecular weight is 578 g/mol. The van der Waals surface area contributed by atoms with Gasteiger partial charge in [-0.2, -0.15) is 31.4 Å². The predicted molar refractivity (Wildman–Crippen MR) is 125 cm³/mol. The van der Waals surface area contributed by atoms with Gasteiger partial charge in [0, 0.05) is 24.1 Å². The van der Waals surface area contributed by atoms with Gasteiger partial charge in [-0.3, -0.25) is 9.59 Å². The van der Waals surface area contributed by atoms with Crippen LogP contribution in [0, 0.1) is 5.92 Å². The molecule has 1 aromatic carbocycles. The number of alkyl halides is 8. The van der Waals surface area contributed by atoms with Gasteiger partial charge in [0.15, 0.2) is 5.82 Å². The molecular formula is C24H22F8N6O2. The summed E-state index contributed by atoms with van der Waals surface area (Å²) in [4.78, 5) is 29.7.